The molecule has 0 radical (unpaired) electrons. The normalized spacial score (nSPS) is 11.2. The van der Waals surface area contributed by atoms with Gasteiger partial charge in [0, 0.05) is 6.54 Å². The summed E-state index contributed by atoms with van der Waals surface area (Å²) in [6, 6.07) is 11.5. The third-order valence-corrected chi connectivity index (χ3v) is 5.82. The van der Waals surface area contributed by atoms with Crippen molar-refractivity contribution in [1.82, 2.24) is 25.0 Å². The van der Waals surface area contributed by atoms with E-state index in [9.17, 15) is 0 Å². The minimum absolute atomic E-state index is 0.419. The van der Waals surface area contributed by atoms with E-state index in [-0.39, 0.29) is 0 Å². The number of halogens is 1. The molecular formula is C17H14ClN5OS2. The van der Waals surface area contributed by atoms with Crippen molar-refractivity contribution in [3.8, 4) is 22.2 Å². The lowest BCUT2D eigenvalue weighted by atomic mass is 10.2. The van der Waals surface area contributed by atoms with Gasteiger partial charge in [-0.1, -0.05) is 41.6 Å². The second-order valence-electron chi connectivity index (χ2n) is 5.30. The van der Waals surface area contributed by atoms with Crippen LogP contribution in [0, 0.1) is 0 Å². The lowest BCUT2D eigenvalue weighted by Crippen LogP contribution is -1.99. The van der Waals surface area contributed by atoms with E-state index in [1.165, 1.54) is 11.8 Å². The molecule has 0 bridgehead atoms. The lowest BCUT2D eigenvalue weighted by molar-refractivity contribution is 0.528. The van der Waals surface area contributed by atoms with Gasteiger partial charge in [-0.2, -0.15) is 0 Å². The van der Waals surface area contributed by atoms with Crippen molar-refractivity contribution in [3.05, 3.63) is 52.7 Å². The maximum absolute atomic E-state index is 6.18. The molecule has 1 aromatic carbocycles. The summed E-state index contributed by atoms with van der Waals surface area (Å²) in [5, 5.41) is 20.3. The van der Waals surface area contributed by atoms with Crippen molar-refractivity contribution >= 4 is 34.7 Å². The molecule has 0 aliphatic carbocycles. The van der Waals surface area contributed by atoms with Gasteiger partial charge in [0.25, 0.3) is 0 Å². The van der Waals surface area contributed by atoms with Gasteiger partial charge in [0.1, 0.15) is 0 Å². The van der Waals surface area contributed by atoms with Crippen LogP contribution < -0.4 is 0 Å². The predicted octanol–water partition coefficient (Wildman–Crippen LogP) is 5.02. The molecule has 132 valence electrons. The van der Waals surface area contributed by atoms with Gasteiger partial charge in [-0.3, -0.25) is 0 Å². The highest BCUT2D eigenvalue weighted by atomic mass is 35.5. The Morgan fingerprint density at radius 2 is 2.00 bits per heavy atom. The van der Waals surface area contributed by atoms with E-state index < -0.39 is 0 Å². The minimum atomic E-state index is 0.419. The minimum Gasteiger partial charge on any atom is -0.420 e. The first kappa shape index (κ1) is 17.3. The van der Waals surface area contributed by atoms with Crippen LogP contribution in [0.1, 0.15) is 12.8 Å². The zero-order chi connectivity index (χ0) is 17.9. The van der Waals surface area contributed by atoms with Crippen molar-refractivity contribution in [2.24, 2.45) is 0 Å². The molecule has 0 saturated carbocycles. The van der Waals surface area contributed by atoms with Crippen LogP contribution in [-0.2, 0) is 12.3 Å². The average Bonchev–Trinajstić information content (AvgIpc) is 3.39. The monoisotopic (exact) mass is 403 g/mol. The Morgan fingerprint density at radius 1 is 1.12 bits per heavy atom. The molecule has 4 aromatic rings. The van der Waals surface area contributed by atoms with E-state index in [4.69, 9.17) is 16.0 Å². The Morgan fingerprint density at radius 3 is 2.77 bits per heavy atom. The van der Waals surface area contributed by atoms with Crippen molar-refractivity contribution in [3.63, 3.8) is 0 Å². The van der Waals surface area contributed by atoms with Crippen LogP contribution in [0.25, 0.3) is 22.2 Å². The molecule has 0 aliphatic heterocycles. The van der Waals surface area contributed by atoms with Gasteiger partial charge in [-0.05, 0) is 30.5 Å². The van der Waals surface area contributed by atoms with Crippen LogP contribution in [-0.4, -0.2) is 25.0 Å². The van der Waals surface area contributed by atoms with Crippen LogP contribution in [0.3, 0.4) is 0 Å². The van der Waals surface area contributed by atoms with Gasteiger partial charge in [-0.15, -0.1) is 31.7 Å². The Hall–Kier alpha value is -2.16. The maximum Gasteiger partial charge on any atom is 0.249 e. The number of hydrogen-bond acceptors (Lipinski definition) is 7. The van der Waals surface area contributed by atoms with E-state index in [2.05, 4.69) is 31.9 Å². The van der Waals surface area contributed by atoms with Gasteiger partial charge >= 0.3 is 0 Å². The number of thioether (sulfide) groups is 1. The Bertz CT molecular complexity index is 1010. The highest BCUT2D eigenvalue weighted by Crippen LogP contribution is 2.30. The molecule has 9 heteroatoms. The molecule has 6 nitrogen and oxygen atoms in total. The summed E-state index contributed by atoms with van der Waals surface area (Å²) in [6.07, 6.45) is 0. The molecular weight excluding hydrogens is 390 g/mol. The summed E-state index contributed by atoms with van der Waals surface area (Å²) in [5.41, 5.74) is 0.731. The smallest absolute Gasteiger partial charge is 0.249 e. The van der Waals surface area contributed by atoms with E-state index in [1.807, 2.05) is 35.7 Å². The Balaban J connectivity index is 1.51. The summed E-state index contributed by atoms with van der Waals surface area (Å²) < 4.78 is 7.83. The number of thiophene rings is 1. The van der Waals surface area contributed by atoms with E-state index in [0.717, 1.165) is 28.0 Å². The summed E-state index contributed by atoms with van der Waals surface area (Å²) >= 11 is 9.35. The van der Waals surface area contributed by atoms with Gasteiger partial charge in [0.2, 0.25) is 11.8 Å². The molecule has 0 unspecified atom stereocenters. The molecule has 3 heterocycles. The molecule has 0 spiro atoms. The molecule has 26 heavy (non-hydrogen) atoms. The average molecular weight is 404 g/mol. The van der Waals surface area contributed by atoms with Crippen molar-refractivity contribution in [1.29, 1.82) is 0 Å². The first-order valence-corrected chi connectivity index (χ1v) is 10.2. The maximum atomic E-state index is 6.18. The van der Waals surface area contributed by atoms with Crippen LogP contribution in [0.5, 0.6) is 0 Å². The van der Waals surface area contributed by atoms with Crippen molar-refractivity contribution < 1.29 is 4.42 Å². The Kier molecular flexibility index (Phi) is 5.05. The van der Waals surface area contributed by atoms with Gasteiger partial charge in [0.15, 0.2) is 11.0 Å². The van der Waals surface area contributed by atoms with Gasteiger partial charge in [0.05, 0.1) is 21.2 Å². The van der Waals surface area contributed by atoms with E-state index in [1.54, 1.807) is 17.4 Å². The third kappa shape index (κ3) is 3.40. The molecule has 0 fully saturated rings. The van der Waals surface area contributed by atoms with Crippen molar-refractivity contribution in [2.75, 3.05) is 0 Å². The molecule has 0 amide bonds. The fourth-order valence-corrected chi connectivity index (χ4v) is 4.22. The fourth-order valence-electron chi connectivity index (χ4n) is 2.45. The fraction of sp³-hybridized carbons (Fsp3) is 0.176. The number of hydrogen-bond donors (Lipinski definition) is 0. The topological polar surface area (TPSA) is 69.6 Å². The highest BCUT2D eigenvalue weighted by Gasteiger charge is 2.16. The second-order valence-corrected chi connectivity index (χ2v) is 7.59. The molecule has 3 aromatic heterocycles. The summed E-state index contributed by atoms with van der Waals surface area (Å²) in [4.78, 5) is 1.10. The third-order valence-electron chi connectivity index (χ3n) is 3.67. The first-order chi connectivity index (χ1) is 12.8. The molecule has 0 N–H and O–H groups in total. The Labute approximate surface area is 163 Å². The summed E-state index contributed by atoms with van der Waals surface area (Å²) in [6.45, 7) is 2.87. The van der Waals surface area contributed by atoms with Gasteiger partial charge in [-0.25, -0.2) is 0 Å². The predicted molar refractivity (Wildman–Crippen MR) is 103 cm³/mol. The van der Waals surface area contributed by atoms with Crippen LogP contribution in [0.4, 0.5) is 0 Å². The van der Waals surface area contributed by atoms with E-state index in [0.29, 0.717) is 22.6 Å². The van der Waals surface area contributed by atoms with Crippen LogP contribution >= 0.6 is 34.7 Å². The molecule has 0 saturated heterocycles. The SMILES string of the molecule is CCn1c(SCc2nnc(-c3ccccc3Cl)o2)nnc1-c1cccs1. The van der Waals surface area contributed by atoms with E-state index >= 15 is 0 Å². The molecule has 0 aliphatic rings. The highest BCUT2D eigenvalue weighted by molar-refractivity contribution is 7.98. The standard InChI is InChI=1S/C17H14ClN5OS2/c1-2-23-15(13-8-5-9-25-13)20-22-17(23)26-10-14-19-21-16(24-14)11-6-3-4-7-12(11)18/h3-9H,2,10H2,1H3. The van der Waals surface area contributed by atoms with Crippen LogP contribution in [0.15, 0.2) is 51.4 Å². The summed E-state index contributed by atoms with van der Waals surface area (Å²) in [7, 11) is 0. The van der Waals surface area contributed by atoms with Gasteiger partial charge < -0.3 is 8.98 Å². The number of aromatic nitrogens is 5. The number of rotatable bonds is 6. The number of nitrogens with zero attached hydrogens (tertiary/aromatic N) is 5. The zero-order valence-corrected chi connectivity index (χ0v) is 16.2. The zero-order valence-electron chi connectivity index (χ0n) is 13.8. The molecule has 4 rings (SSSR count). The largest absolute Gasteiger partial charge is 0.420 e. The first-order valence-electron chi connectivity index (χ1n) is 7.93. The molecule has 0 atom stereocenters. The quantitative estimate of drug-likeness (QED) is 0.421. The lowest BCUT2D eigenvalue weighted by Gasteiger charge is -2.04. The van der Waals surface area contributed by atoms with Crippen LogP contribution in [0.2, 0.25) is 5.02 Å². The summed E-state index contributed by atoms with van der Waals surface area (Å²) in [5.74, 6) is 2.34. The number of benzene rings is 1. The van der Waals surface area contributed by atoms with Crippen molar-refractivity contribution in [2.45, 2.75) is 24.4 Å². The second kappa shape index (κ2) is 7.61.